The molecular weight excluding hydrogens is 266 g/mol. The Labute approximate surface area is 116 Å². The van der Waals surface area contributed by atoms with Gasteiger partial charge in [0.2, 0.25) is 0 Å². The standard InChI is InChI=1S/C13H12ClN3S/c1-8(2)12-7-16-13(18)17(12)11-4-3-9(6-15)5-10(11)14/h3-5,7-8H,1-2H3,(H,16,18). The molecule has 0 aliphatic heterocycles. The molecule has 1 heterocycles. The molecule has 92 valence electrons. The van der Waals surface area contributed by atoms with Crippen molar-refractivity contribution in [1.29, 1.82) is 5.26 Å². The third-order valence-electron chi connectivity index (χ3n) is 2.71. The number of aromatic nitrogens is 2. The van der Waals surface area contributed by atoms with E-state index >= 15 is 0 Å². The summed E-state index contributed by atoms with van der Waals surface area (Å²) in [6.45, 7) is 4.18. The average Bonchev–Trinajstić information content (AvgIpc) is 2.71. The molecule has 0 fully saturated rings. The summed E-state index contributed by atoms with van der Waals surface area (Å²) in [6, 6.07) is 7.27. The van der Waals surface area contributed by atoms with Crippen LogP contribution in [0.1, 0.15) is 31.0 Å². The summed E-state index contributed by atoms with van der Waals surface area (Å²) < 4.78 is 2.51. The van der Waals surface area contributed by atoms with Gasteiger partial charge in [0.25, 0.3) is 0 Å². The molecule has 0 amide bonds. The first-order chi connectivity index (χ1) is 8.54. The van der Waals surface area contributed by atoms with E-state index in [9.17, 15) is 0 Å². The largest absolute Gasteiger partial charge is 0.337 e. The summed E-state index contributed by atoms with van der Waals surface area (Å²) in [5.41, 5.74) is 2.40. The van der Waals surface area contributed by atoms with Crippen molar-refractivity contribution in [2.45, 2.75) is 19.8 Å². The number of halogens is 1. The highest BCUT2D eigenvalue weighted by molar-refractivity contribution is 7.71. The maximum Gasteiger partial charge on any atom is 0.182 e. The molecule has 0 aliphatic carbocycles. The van der Waals surface area contributed by atoms with Gasteiger partial charge < -0.3 is 4.98 Å². The molecule has 0 unspecified atom stereocenters. The first-order valence-corrected chi connectivity index (χ1v) is 6.33. The van der Waals surface area contributed by atoms with E-state index in [2.05, 4.69) is 24.9 Å². The lowest BCUT2D eigenvalue weighted by Gasteiger charge is -2.12. The summed E-state index contributed by atoms with van der Waals surface area (Å²) in [7, 11) is 0. The van der Waals surface area contributed by atoms with Crippen molar-refractivity contribution in [1.82, 2.24) is 9.55 Å². The van der Waals surface area contributed by atoms with E-state index in [1.165, 1.54) is 0 Å². The highest BCUT2D eigenvalue weighted by Gasteiger charge is 2.12. The van der Waals surface area contributed by atoms with Crippen LogP contribution in [0.3, 0.4) is 0 Å². The second-order valence-corrected chi connectivity index (χ2v) is 5.08. The molecule has 2 aromatic rings. The quantitative estimate of drug-likeness (QED) is 0.837. The lowest BCUT2D eigenvalue weighted by Crippen LogP contribution is -2.02. The fourth-order valence-corrected chi connectivity index (χ4v) is 2.34. The number of hydrogen-bond donors (Lipinski definition) is 1. The molecule has 1 aromatic carbocycles. The van der Waals surface area contributed by atoms with Gasteiger partial charge >= 0.3 is 0 Å². The van der Waals surface area contributed by atoms with Gasteiger partial charge in [-0.2, -0.15) is 5.26 Å². The first-order valence-electron chi connectivity index (χ1n) is 5.55. The molecule has 0 saturated heterocycles. The van der Waals surface area contributed by atoms with Crippen LogP contribution < -0.4 is 0 Å². The van der Waals surface area contributed by atoms with Crippen molar-refractivity contribution in [2.24, 2.45) is 0 Å². The van der Waals surface area contributed by atoms with E-state index in [4.69, 9.17) is 29.1 Å². The molecule has 0 spiro atoms. The van der Waals surface area contributed by atoms with Crippen LogP contribution in [0.4, 0.5) is 0 Å². The molecule has 1 aromatic heterocycles. The Balaban J connectivity index is 2.67. The van der Waals surface area contributed by atoms with Crippen molar-refractivity contribution in [3.63, 3.8) is 0 Å². The van der Waals surface area contributed by atoms with E-state index in [-0.39, 0.29) is 0 Å². The fraction of sp³-hybridized carbons (Fsp3) is 0.231. The van der Waals surface area contributed by atoms with Gasteiger partial charge in [0, 0.05) is 11.9 Å². The van der Waals surface area contributed by atoms with Crippen LogP contribution in [0.15, 0.2) is 24.4 Å². The number of nitrogens with zero attached hydrogens (tertiary/aromatic N) is 2. The molecule has 1 N–H and O–H groups in total. The SMILES string of the molecule is CC(C)c1c[nH]c(=S)n1-c1ccc(C#N)cc1Cl. The molecule has 2 rings (SSSR count). The number of benzene rings is 1. The summed E-state index contributed by atoms with van der Waals surface area (Å²) in [5, 5.41) is 9.36. The Hall–Kier alpha value is -1.57. The molecule has 18 heavy (non-hydrogen) atoms. The predicted molar refractivity (Wildman–Crippen MR) is 74.8 cm³/mol. The van der Waals surface area contributed by atoms with Gasteiger partial charge in [-0.3, -0.25) is 4.57 Å². The number of rotatable bonds is 2. The third-order valence-corrected chi connectivity index (χ3v) is 3.32. The second kappa shape index (κ2) is 4.97. The first kappa shape index (κ1) is 12.9. The van der Waals surface area contributed by atoms with Crippen molar-refractivity contribution in [2.75, 3.05) is 0 Å². The topological polar surface area (TPSA) is 44.5 Å². The normalized spacial score (nSPS) is 10.6. The minimum Gasteiger partial charge on any atom is -0.337 e. The average molecular weight is 278 g/mol. The number of aromatic amines is 1. The van der Waals surface area contributed by atoms with Crippen LogP contribution in [-0.2, 0) is 0 Å². The van der Waals surface area contributed by atoms with E-state index in [0.717, 1.165) is 11.4 Å². The Bertz CT molecular complexity index is 676. The zero-order chi connectivity index (χ0) is 13.3. The summed E-state index contributed by atoms with van der Waals surface area (Å²) in [5.74, 6) is 0.324. The smallest absolute Gasteiger partial charge is 0.182 e. The zero-order valence-corrected chi connectivity index (χ0v) is 11.6. The molecule has 0 atom stereocenters. The Morgan fingerprint density at radius 3 is 2.72 bits per heavy atom. The Kier molecular flexibility index (Phi) is 3.55. The highest BCUT2D eigenvalue weighted by Crippen LogP contribution is 2.26. The van der Waals surface area contributed by atoms with Crippen molar-refractivity contribution in [3.05, 3.63) is 45.4 Å². The summed E-state index contributed by atoms with van der Waals surface area (Å²) >= 11 is 11.5. The fourth-order valence-electron chi connectivity index (χ4n) is 1.81. The minimum atomic E-state index is 0.324. The summed E-state index contributed by atoms with van der Waals surface area (Å²) in [6.07, 6.45) is 1.89. The van der Waals surface area contributed by atoms with E-state index in [0.29, 0.717) is 21.3 Å². The van der Waals surface area contributed by atoms with Gasteiger partial charge in [-0.25, -0.2) is 0 Å². The van der Waals surface area contributed by atoms with Crippen molar-refractivity contribution < 1.29 is 0 Å². The van der Waals surface area contributed by atoms with Gasteiger partial charge in [-0.1, -0.05) is 25.4 Å². The van der Waals surface area contributed by atoms with Crippen molar-refractivity contribution >= 4 is 23.8 Å². The number of nitrogens with one attached hydrogen (secondary N) is 1. The monoisotopic (exact) mass is 277 g/mol. The van der Waals surface area contributed by atoms with Gasteiger partial charge in [0.1, 0.15) is 0 Å². The van der Waals surface area contributed by atoms with Crippen LogP contribution in [0.2, 0.25) is 5.02 Å². The van der Waals surface area contributed by atoms with E-state index < -0.39 is 0 Å². The lowest BCUT2D eigenvalue weighted by atomic mass is 10.1. The maximum absolute atomic E-state index is 8.84. The van der Waals surface area contributed by atoms with Gasteiger partial charge in [-0.05, 0) is 36.3 Å². The van der Waals surface area contributed by atoms with Gasteiger partial charge in [-0.15, -0.1) is 0 Å². The zero-order valence-electron chi connectivity index (χ0n) is 10.1. The molecule has 3 nitrogen and oxygen atoms in total. The molecule has 5 heteroatoms. The highest BCUT2D eigenvalue weighted by atomic mass is 35.5. The number of imidazole rings is 1. The molecular formula is C13H12ClN3S. The molecule has 0 saturated carbocycles. The van der Waals surface area contributed by atoms with Crippen LogP contribution >= 0.6 is 23.8 Å². The molecule has 0 radical (unpaired) electrons. The number of H-pyrrole nitrogens is 1. The van der Waals surface area contributed by atoms with Crippen LogP contribution in [0, 0.1) is 16.1 Å². The van der Waals surface area contributed by atoms with Gasteiger partial charge in [0.15, 0.2) is 4.77 Å². The van der Waals surface area contributed by atoms with Crippen LogP contribution in [-0.4, -0.2) is 9.55 Å². The minimum absolute atomic E-state index is 0.324. The predicted octanol–water partition coefficient (Wildman–Crippen LogP) is 4.18. The summed E-state index contributed by atoms with van der Waals surface area (Å²) in [4.78, 5) is 3.03. The lowest BCUT2D eigenvalue weighted by molar-refractivity contribution is 0.783. The Morgan fingerprint density at radius 1 is 1.44 bits per heavy atom. The van der Waals surface area contributed by atoms with Crippen LogP contribution in [0.25, 0.3) is 5.69 Å². The van der Waals surface area contributed by atoms with Gasteiger partial charge in [0.05, 0.1) is 22.3 Å². The number of hydrogen-bond acceptors (Lipinski definition) is 2. The maximum atomic E-state index is 8.84. The van der Waals surface area contributed by atoms with E-state index in [1.54, 1.807) is 12.1 Å². The molecule has 0 aliphatic rings. The van der Waals surface area contributed by atoms with E-state index in [1.807, 2.05) is 16.8 Å². The second-order valence-electron chi connectivity index (χ2n) is 4.29. The van der Waals surface area contributed by atoms with Crippen LogP contribution in [0.5, 0.6) is 0 Å². The third kappa shape index (κ3) is 2.20. The number of nitriles is 1. The van der Waals surface area contributed by atoms with Crippen molar-refractivity contribution in [3.8, 4) is 11.8 Å². The molecule has 0 bridgehead atoms. The Morgan fingerprint density at radius 2 is 2.17 bits per heavy atom.